The van der Waals surface area contributed by atoms with Gasteiger partial charge in [0.1, 0.15) is 6.33 Å². The minimum atomic E-state index is -0.453. The summed E-state index contributed by atoms with van der Waals surface area (Å²) < 4.78 is 0. The molecule has 1 atom stereocenters. The number of hydrogen-bond acceptors (Lipinski definition) is 7. The molecule has 8 nitrogen and oxygen atoms in total. The first kappa shape index (κ1) is 14.4. The van der Waals surface area contributed by atoms with Crippen LogP contribution < -0.4 is 10.2 Å². The second kappa shape index (κ2) is 6.47. The van der Waals surface area contributed by atoms with E-state index in [1.165, 1.54) is 6.33 Å². The van der Waals surface area contributed by atoms with E-state index in [1.807, 2.05) is 4.90 Å². The fourth-order valence-electron chi connectivity index (χ4n) is 2.66. The minimum absolute atomic E-state index is 0.0684. The molecule has 110 valence electrons. The van der Waals surface area contributed by atoms with E-state index in [9.17, 15) is 10.1 Å². The number of rotatable bonds is 5. The Balaban J connectivity index is 2.41. The maximum Gasteiger partial charge on any atom is 0.353 e. The summed E-state index contributed by atoms with van der Waals surface area (Å²) in [4.78, 5) is 20.8. The molecule has 2 N–H and O–H groups in total. The molecule has 1 fully saturated rings. The van der Waals surface area contributed by atoms with E-state index in [0.717, 1.165) is 19.3 Å². The predicted octanol–water partition coefficient (Wildman–Crippen LogP) is 1.17. The molecule has 0 radical (unpaired) electrons. The Morgan fingerprint density at radius 2 is 2.35 bits per heavy atom. The van der Waals surface area contributed by atoms with Crippen LogP contribution >= 0.6 is 0 Å². The van der Waals surface area contributed by atoms with Gasteiger partial charge in [-0.15, -0.1) is 0 Å². The summed E-state index contributed by atoms with van der Waals surface area (Å²) in [5.41, 5.74) is -0.0974. The van der Waals surface area contributed by atoms with Crippen molar-refractivity contribution in [2.75, 3.05) is 30.4 Å². The van der Waals surface area contributed by atoms with Crippen LogP contribution in [-0.2, 0) is 0 Å². The summed E-state index contributed by atoms with van der Waals surface area (Å²) in [6.45, 7) is 0.782. The van der Waals surface area contributed by atoms with Gasteiger partial charge in [-0.1, -0.05) is 0 Å². The second-order valence-corrected chi connectivity index (χ2v) is 4.76. The lowest BCUT2D eigenvalue weighted by Crippen LogP contribution is -2.41. The molecule has 8 heteroatoms. The van der Waals surface area contributed by atoms with Gasteiger partial charge < -0.3 is 15.3 Å². The topological polar surface area (TPSA) is 104 Å². The van der Waals surface area contributed by atoms with Crippen LogP contribution in [0.5, 0.6) is 0 Å². The van der Waals surface area contributed by atoms with Crippen LogP contribution in [0, 0.1) is 10.1 Å². The summed E-state index contributed by atoms with van der Waals surface area (Å²) in [6, 6.07) is 0.0899. The van der Waals surface area contributed by atoms with Crippen molar-refractivity contribution >= 4 is 17.3 Å². The van der Waals surface area contributed by atoms with Crippen molar-refractivity contribution in [1.29, 1.82) is 0 Å². The van der Waals surface area contributed by atoms with Gasteiger partial charge in [-0.2, -0.15) is 0 Å². The van der Waals surface area contributed by atoms with Crippen molar-refractivity contribution in [3.63, 3.8) is 0 Å². The summed E-state index contributed by atoms with van der Waals surface area (Å²) in [6.07, 6.45) is 4.88. The number of aliphatic hydroxyl groups excluding tert-OH is 1. The lowest BCUT2D eigenvalue weighted by molar-refractivity contribution is -0.383. The number of nitrogens with one attached hydrogen (secondary N) is 1. The van der Waals surface area contributed by atoms with Gasteiger partial charge in [-0.3, -0.25) is 10.1 Å². The van der Waals surface area contributed by atoms with Crippen LogP contribution in [-0.4, -0.2) is 46.2 Å². The normalized spacial score (nSPS) is 18.9. The largest absolute Gasteiger partial charge is 0.396 e. The van der Waals surface area contributed by atoms with Gasteiger partial charge in [0.15, 0.2) is 0 Å². The first-order valence-electron chi connectivity index (χ1n) is 6.73. The van der Waals surface area contributed by atoms with E-state index in [-0.39, 0.29) is 24.2 Å². The number of aromatic nitrogens is 2. The van der Waals surface area contributed by atoms with Crippen LogP contribution in [0.15, 0.2) is 6.33 Å². The molecule has 0 spiro atoms. The SMILES string of the molecule is CNc1ncnc(N2CCCCC2CCO)c1[N+](=O)[O-]. The summed E-state index contributed by atoms with van der Waals surface area (Å²) in [5.74, 6) is 0.556. The average Bonchev–Trinajstić information content (AvgIpc) is 2.47. The number of nitro groups is 1. The van der Waals surface area contributed by atoms with E-state index in [4.69, 9.17) is 5.11 Å². The molecule has 2 rings (SSSR count). The molecular weight excluding hydrogens is 262 g/mol. The molecule has 1 saturated heterocycles. The molecule has 1 unspecified atom stereocenters. The zero-order valence-electron chi connectivity index (χ0n) is 11.4. The Bertz CT molecular complexity index is 480. The zero-order valence-corrected chi connectivity index (χ0v) is 11.4. The fraction of sp³-hybridized carbons (Fsp3) is 0.667. The van der Waals surface area contributed by atoms with Gasteiger partial charge in [0, 0.05) is 26.2 Å². The highest BCUT2D eigenvalue weighted by Crippen LogP contribution is 2.35. The molecule has 1 aliphatic rings. The van der Waals surface area contributed by atoms with Crippen molar-refractivity contribution in [3.8, 4) is 0 Å². The highest BCUT2D eigenvalue weighted by Gasteiger charge is 2.31. The van der Waals surface area contributed by atoms with E-state index < -0.39 is 4.92 Å². The van der Waals surface area contributed by atoms with Gasteiger partial charge >= 0.3 is 5.69 Å². The van der Waals surface area contributed by atoms with Crippen molar-refractivity contribution < 1.29 is 10.0 Å². The monoisotopic (exact) mass is 281 g/mol. The van der Waals surface area contributed by atoms with Crippen molar-refractivity contribution in [3.05, 3.63) is 16.4 Å². The predicted molar refractivity (Wildman–Crippen MR) is 74.9 cm³/mol. The molecule has 1 aliphatic heterocycles. The van der Waals surface area contributed by atoms with Gasteiger partial charge in [0.05, 0.1) is 4.92 Å². The van der Waals surface area contributed by atoms with Crippen LogP contribution in [0.2, 0.25) is 0 Å². The molecule has 20 heavy (non-hydrogen) atoms. The summed E-state index contributed by atoms with van der Waals surface area (Å²) >= 11 is 0. The first-order chi connectivity index (χ1) is 9.69. The van der Waals surface area contributed by atoms with Gasteiger partial charge in [0.2, 0.25) is 11.6 Å². The van der Waals surface area contributed by atoms with E-state index in [1.54, 1.807) is 7.05 Å². The number of aliphatic hydroxyl groups is 1. The smallest absolute Gasteiger partial charge is 0.353 e. The number of hydrogen-bond donors (Lipinski definition) is 2. The standard InChI is InChI=1S/C12H19N5O3/c1-13-11-10(17(19)20)12(15-8-14-11)16-6-3-2-4-9(16)5-7-18/h8-9,18H,2-7H2,1H3,(H,13,14,15). The Kier molecular flexibility index (Phi) is 4.67. The van der Waals surface area contributed by atoms with Crippen molar-refractivity contribution in [2.24, 2.45) is 0 Å². The zero-order chi connectivity index (χ0) is 14.5. The number of nitrogens with zero attached hydrogens (tertiary/aromatic N) is 4. The lowest BCUT2D eigenvalue weighted by atomic mass is 9.99. The van der Waals surface area contributed by atoms with E-state index in [2.05, 4.69) is 15.3 Å². The van der Waals surface area contributed by atoms with E-state index in [0.29, 0.717) is 18.8 Å². The molecule has 0 saturated carbocycles. The molecule has 1 aromatic rings. The molecule has 2 heterocycles. The maximum absolute atomic E-state index is 11.3. The Morgan fingerprint density at radius 3 is 3.00 bits per heavy atom. The average molecular weight is 281 g/mol. The van der Waals surface area contributed by atoms with Crippen LogP contribution in [0.1, 0.15) is 25.7 Å². The Morgan fingerprint density at radius 1 is 1.55 bits per heavy atom. The molecular formula is C12H19N5O3. The second-order valence-electron chi connectivity index (χ2n) is 4.76. The number of piperidine rings is 1. The fourth-order valence-corrected chi connectivity index (χ4v) is 2.66. The lowest BCUT2D eigenvalue weighted by Gasteiger charge is -2.36. The number of anilines is 2. The van der Waals surface area contributed by atoms with Gasteiger partial charge in [-0.25, -0.2) is 9.97 Å². The van der Waals surface area contributed by atoms with Crippen LogP contribution in [0.25, 0.3) is 0 Å². The summed E-state index contributed by atoms with van der Waals surface area (Å²) in [5, 5.41) is 23.2. The third kappa shape index (κ3) is 2.79. The minimum Gasteiger partial charge on any atom is -0.396 e. The van der Waals surface area contributed by atoms with Gasteiger partial charge in [0.25, 0.3) is 0 Å². The maximum atomic E-state index is 11.3. The summed E-state index contributed by atoms with van der Waals surface area (Å²) in [7, 11) is 1.60. The highest BCUT2D eigenvalue weighted by molar-refractivity contribution is 5.70. The van der Waals surface area contributed by atoms with Crippen molar-refractivity contribution in [1.82, 2.24) is 9.97 Å². The quantitative estimate of drug-likeness (QED) is 0.616. The van der Waals surface area contributed by atoms with Crippen molar-refractivity contribution in [2.45, 2.75) is 31.7 Å². The molecule has 0 amide bonds. The van der Waals surface area contributed by atoms with Gasteiger partial charge in [-0.05, 0) is 25.7 Å². The molecule has 0 bridgehead atoms. The third-order valence-electron chi connectivity index (χ3n) is 3.58. The van der Waals surface area contributed by atoms with E-state index >= 15 is 0 Å². The van der Waals surface area contributed by atoms with Crippen LogP contribution in [0.4, 0.5) is 17.3 Å². The molecule has 1 aromatic heterocycles. The third-order valence-corrected chi connectivity index (χ3v) is 3.58. The highest BCUT2D eigenvalue weighted by atomic mass is 16.6. The molecule has 0 aromatic carbocycles. The first-order valence-corrected chi connectivity index (χ1v) is 6.73. The Labute approximate surface area is 117 Å². The van der Waals surface area contributed by atoms with Crippen LogP contribution in [0.3, 0.4) is 0 Å². The Hall–Kier alpha value is -1.96. The molecule has 0 aliphatic carbocycles.